The molecule has 190 valence electrons. The normalized spacial score (nSPS) is 12.1. The lowest BCUT2D eigenvalue weighted by atomic mass is 10.0. The molecule has 0 spiro atoms. The number of carbonyl (C=O) groups excluding carboxylic acids is 2. The third kappa shape index (κ3) is 7.85. The van der Waals surface area contributed by atoms with Crippen molar-refractivity contribution in [1.29, 1.82) is 0 Å². The van der Waals surface area contributed by atoms with Crippen LogP contribution in [0.25, 0.3) is 0 Å². The molecule has 1 atom stereocenters. The summed E-state index contributed by atoms with van der Waals surface area (Å²) in [7, 11) is 0. The van der Waals surface area contributed by atoms with E-state index in [-0.39, 0.29) is 25.0 Å². The zero-order chi connectivity index (χ0) is 26.3. The Balaban J connectivity index is 1.94. The third-order valence-corrected chi connectivity index (χ3v) is 6.28. The summed E-state index contributed by atoms with van der Waals surface area (Å²) in [5.74, 6) is 0.0963. The van der Waals surface area contributed by atoms with E-state index < -0.39 is 11.6 Å². The van der Waals surface area contributed by atoms with Gasteiger partial charge in [0.2, 0.25) is 5.91 Å². The summed E-state index contributed by atoms with van der Waals surface area (Å²) in [6, 6.07) is 22.0. The molecule has 0 radical (unpaired) electrons. The summed E-state index contributed by atoms with van der Waals surface area (Å²) in [5, 5.41) is 3.60. The Bertz CT molecular complexity index is 1190. The van der Waals surface area contributed by atoms with Gasteiger partial charge >= 0.3 is 0 Å². The largest absolute Gasteiger partial charge is 0.484 e. The molecular weight excluding hydrogens is 472 g/mol. The summed E-state index contributed by atoms with van der Waals surface area (Å²) in [5.41, 5.74) is 3.50. The fraction of sp³-hybridized carbons (Fsp3) is 0.333. The number of ether oxygens (including phenoxy) is 1. The van der Waals surface area contributed by atoms with Crippen LogP contribution in [0.3, 0.4) is 0 Å². The van der Waals surface area contributed by atoms with E-state index in [1.54, 1.807) is 11.0 Å². The van der Waals surface area contributed by atoms with Crippen molar-refractivity contribution in [3.05, 3.63) is 100 Å². The summed E-state index contributed by atoms with van der Waals surface area (Å²) in [6.45, 7) is 9.79. The van der Waals surface area contributed by atoms with Crippen molar-refractivity contribution in [2.45, 2.75) is 59.2 Å². The van der Waals surface area contributed by atoms with Crippen molar-refractivity contribution in [1.82, 2.24) is 10.2 Å². The van der Waals surface area contributed by atoms with Crippen molar-refractivity contribution < 1.29 is 14.3 Å². The number of hydrogen-bond donors (Lipinski definition) is 1. The average Bonchev–Trinajstić information content (AvgIpc) is 2.82. The molecule has 0 saturated carbocycles. The van der Waals surface area contributed by atoms with Crippen molar-refractivity contribution in [3.8, 4) is 5.75 Å². The molecule has 0 aliphatic rings. The lowest BCUT2D eigenvalue weighted by Crippen LogP contribution is -2.55. The van der Waals surface area contributed by atoms with Gasteiger partial charge in [-0.25, -0.2) is 0 Å². The van der Waals surface area contributed by atoms with E-state index in [0.717, 1.165) is 22.3 Å². The molecule has 0 bridgehead atoms. The van der Waals surface area contributed by atoms with Crippen LogP contribution in [0.4, 0.5) is 0 Å². The predicted octanol–water partition coefficient (Wildman–Crippen LogP) is 5.89. The van der Waals surface area contributed by atoms with Gasteiger partial charge in [-0.2, -0.15) is 0 Å². The molecule has 1 N–H and O–H groups in total. The molecule has 0 aliphatic heterocycles. The summed E-state index contributed by atoms with van der Waals surface area (Å²) in [4.78, 5) is 28.8. The van der Waals surface area contributed by atoms with Gasteiger partial charge in [-0.15, -0.1) is 0 Å². The lowest BCUT2D eigenvalue weighted by Gasteiger charge is -2.34. The van der Waals surface area contributed by atoms with E-state index in [0.29, 0.717) is 17.2 Å². The number of aryl methyl sites for hydroxylation is 2. The molecule has 0 aliphatic carbocycles. The molecular formula is C30H35ClN2O3. The Kier molecular flexibility index (Phi) is 9.16. The first-order chi connectivity index (χ1) is 17.0. The third-order valence-electron chi connectivity index (χ3n) is 5.91. The fourth-order valence-corrected chi connectivity index (χ4v) is 4.04. The zero-order valence-corrected chi connectivity index (χ0v) is 22.4. The van der Waals surface area contributed by atoms with E-state index in [2.05, 4.69) is 5.32 Å². The van der Waals surface area contributed by atoms with Crippen molar-refractivity contribution in [3.63, 3.8) is 0 Å². The molecule has 3 rings (SSSR count). The molecule has 0 saturated heterocycles. The molecule has 2 amide bonds. The minimum absolute atomic E-state index is 0.184. The van der Waals surface area contributed by atoms with Crippen LogP contribution in [0.15, 0.2) is 72.8 Å². The van der Waals surface area contributed by atoms with E-state index in [1.165, 1.54) is 0 Å². The molecule has 0 fully saturated rings. The first-order valence-corrected chi connectivity index (χ1v) is 12.5. The Morgan fingerprint density at radius 2 is 1.61 bits per heavy atom. The zero-order valence-electron chi connectivity index (χ0n) is 21.7. The average molecular weight is 507 g/mol. The summed E-state index contributed by atoms with van der Waals surface area (Å²) < 4.78 is 5.88. The van der Waals surface area contributed by atoms with Crippen molar-refractivity contribution in [2.24, 2.45) is 0 Å². The standard InChI is InChI=1S/C30H35ClN2O3/c1-21-15-16-25(17-22(21)2)36-20-28(34)33(19-24-13-9-10-14-26(24)31)27(29(35)32-30(3,4)5)18-23-11-7-6-8-12-23/h6-17,27H,18-20H2,1-5H3,(H,32,35). The van der Waals surface area contributed by atoms with Crippen LogP contribution in [-0.2, 0) is 22.6 Å². The minimum atomic E-state index is -0.751. The summed E-state index contributed by atoms with van der Waals surface area (Å²) >= 11 is 6.46. The van der Waals surface area contributed by atoms with Gasteiger partial charge in [-0.1, -0.05) is 66.2 Å². The topological polar surface area (TPSA) is 58.6 Å². The van der Waals surface area contributed by atoms with Crippen LogP contribution in [0.1, 0.15) is 43.0 Å². The number of amides is 2. The number of halogens is 1. The molecule has 6 heteroatoms. The highest BCUT2D eigenvalue weighted by Gasteiger charge is 2.32. The summed E-state index contributed by atoms with van der Waals surface area (Å²) in [6.07, 6.45) is 0.364. The Hall–Kier alpha value is -3.31. The molecule has 5 nitrogen and oxygen atoms in total. The molecule has 36 heavy (non-hydrogen) atoms. The number of rotatable bonds is 9. The van der Waals surface area contributed by atoms with Gasteiger partial charge in [-0.05, 0) is 75.1 Å². The quantitative estimate of drug-likeness (QED) is 0.393. The van der Waals surface area contributed by atoms with Crippen molar-refractivity contribution in [2.75, 3.05) is 6.61 Å². The second-order valence-corrected chi connectivity index (χ2v) is 10.5. The van der Waals surface area contributed by atoms with Crippen LogP contribution in [-0.4, -0.2) is 34.9 Å². The highest BCUT2D eigenvalue weighted by atomic mass is 35.5. The highest BCUT2D eigenvalue weighted by Crippen LogP contribution is 2.22. The minimum Gasteiger partial charge on any atom is -0.484 e. The molecule has 0 heterocycles. The maximum absolute atomic E-state index is 13.7. The maximum atomic E-state index is 13.7. The van der Waals surface area contributed by atoms with E-state index in [1.807, 2.05) is 101 Å². The highest BCUT2D eigenvalue weighted by molar-refractivity contribution is 6.31. The van der Waals surface area contributed by atoms with E-state index in [9.17, 15) is 9.59 Å². The Labute approximate surface area is 219 Å². The Morgan fingerprint density at radius 1 is 0.944 bits per heavy atom. The Morgan fingerprint density at radius 3 is 2.25 bits per heavy atom. The molecule has 1 unspecified atom stereocenters. The van der Waals surface area contributed by atoms with Gasteiger partial charge in [0.05, 0.1) is 0 Å². The van der Waals surface area contributed by atoms with Gasteiger partial charge in [-0.3, -0.25) is 9.59 Å². The van der Waals surface area contributed by atoms with E-state index >= 15 is 0 Å². The van der Waals surface area contributed by atoms with E-state index in [4.69, 9.17) is 16.3 Å². The number of hydrogen-bond acceptors (Lipinski definition) is 3. The van der Waals surface area contributed by atoms with Gasteiger partial charge in [0, 0.05) is 23.5 Å². The van der Waals surface area contributed by atoms with Gasteiger partial charge in [0.25, 0.3) is 5.91 Å². The predicted molar refractivity (Wildman–Crippen MR) is 145 cm³/mol. The number of carbonyl (C=O) groups is 2. The van der Waals surface area contributed by atoms with Crippen molar-refractivity contribution >= 4 is 23.4 Å². The second-order valence-electron chi connectivity index (χ2n) is 10.1. The number of nitrogens with zero attached hydrogens (tertiary/aromatic N) is 1. The number of nitrogens with one attached hydrogen (secondary N) is 1. The first-order valence-electron chi connectivity index (χ1n) is 12.1. The van der Waals surface area contributed by atoms with Gasteiger partial charge in [0.15, 0.2) is 6.61 Å². The van der Waals surface area contributed by atoms with Crippen LogP contribution in [0, 0.1) is 13.8 Å². The van der Waals surface area contributed by atoms with Gasteiger partial charge < -0.3 is 15.0 Å². The molecule has 3 aromatic carbocycles. The smallest absolute Gasteiger partial charge is 0.261 e. The maximum Gasteiger partial charge on any atom is 0.261 e. The van der Waals surface area contributed by atoms with Crippen LogP contribution < -0.4 is 10.1 Å². The van der Waals surface area contributed by atoms with Crippen LogP contribution >= 0.6 is 11.6 Å². The molecule has 0 aromatic heterocycles. The monoisotopic (exact) mass is 506 g/mol. The first kappa shape index (κ1) is 27.3. The SMILES string of the molecule is Cc1ccc(OCC(=O)N(Cc2ccccc2Cl)C(Cc2ccccc2)C(=O)NC(C)(C)C)cc1C. The number of benzene rings is 3. The van der Waals surface area contributed by atoms with Crippen LogP contribution in [0.5, 0.6) is 5.75 Å². The van der Waals surface area contributed by atoms with Crippen LogP contribution in [0.2, 0.25) is 5.02 Å². The molecule has 3 aromatic rings. The van der Waals surface area contributed by atoms with Gasteiger partial charge in [0.1, 0.15) is 11.8 Å². The fourth-order valence-electron chi connectivity index (χ4n) is 3.85. The second kappa shape index (κ2) is 12.1. The lowest BCUT2D eigenvalue weighted by molar-refractivity contribution is -0.143.